The summed E-state index contributed by atoms with van der Waals surface area (Å²) in [7, 11) is 3.77. The van der Waals surface area contributed by atoms with Gasteiger partial charge in [0.1, 0.15) is 6.04 Å². The molecule has 2 rings (SSSR count). The first kappa shape index (κ1) is 19.9. The number of nitrogens with one attached hydrogen (secondary N) is 1. The van der Waals surface area contributed by atoms with E-state index in [2.05, 4.69) is 17.3 Å². The molecule has 1 amide bonds. The molecule has 120 valence electrons. The Hall–Kier alpha value is -0.0700. The number of halogens is 2. The molecule has 0 spiro atoms. The van der Waals surface area contributed by atoms with Crippen LogP contribution in [0.3, 0.4) is 0 Å². The molecule has 2 saturated heterocycles. The zero-order chi connectivity index (χ0) is 13.1. The Labute approximate surface area is 133 Å². The summed E-state index contributed by atoms with van der Waals surface area (Å²) < 4.78 is 4.91. The van der Waals surface area contributed by atoms with E-state index in [-0.39, 0.29) is 43.4 Å². The van der Waals surface area contributed by atoms with Gasteiger partial charge in [0.05, 0.1) is 6.61 Å². The van der Waals surface area contributed by atoms with E-state index >= 15 is 0 Å². The lowest BCUT2D eigenvalue weighted by molar-refractivity contribution is -0.125. The first-order valence-corrected chi connectivity index (χ1v) is 6.88. The fourth-order valence-corrected chi connectivity index (χ4v) is 3.30. The van der Waals surface area contributed by atoms with Crippen molar-refractivity contribution in [3.63, 3.8) is 0 Å². The SMILES string of the molecule is COCC(N)C(=O)NC1CC2CCCC(C1)N2C.Cl.Cl. The summed E-state index contributed by atoms with van der Waals surface area (Å²) in [6, 6.07) is 0.990. The third kappa shape index (κ3) is 4.74. The maximum absolute atomic E-state index is 11.9. The highest BCUT2D eigenvalue weighted by Gasteiger charge is 2.36. The first-order valence-electron chi connectivity index (χ1n) is 6.88. The fourth-order valence-electron chi connectivity index (χ4n) is 3.30. The summed E-state index contributed by atoms with van der Waals surface area (Å²) in [4.78, 5) is 14.4. The second-order valence-corrected chi connectivity index (χ2v) is 5.64. The van der Waals surface area contributed by atoms with Crippen molar-refractivity contribution >= 4 is 30.7 Å². The van der Waals surface area contributed by atoms with Crippen LogP contribution in [-0.4, -0.2) is 55.7 Å². The van der Waals surface area contributed by atoms with E-state index in [1.54, 1.807) is 7.11 Å². The molecule has 2 aliphatic heterocycles. The van der Waals surface area contributed by atoms with Gasteiger partial charge in [-0.3, -0.25) is 4.79 Å². The monoisotopic (exact) mass is 327 g/mol. The number of carbonyl (C=O) groups is 1. The highest BCUT2D eigenvalue weighted by molar-refractivity contribution is 5.85. The van der Waals surface area contributed by atoms with Crippen LogP contribution in [0.1, 0.15) is 32.1 Å². The van der Waals surface area contributed by atoms with Crippen molar-refractivity contribution in [2.75, 3.05) is 20.8 Å². The Morgan fingerprint density at radius 2 is 1.90 bits per heavy atom. The second-order valence-electron chi connectivity index (χ2n) is 5.64. The number of hydrogen-bond acceptors (Lipinski definition) is 4. The number of carbonyl (C=O) groups excluding carboxylic acids is 1. The lowest BCUT2D eigenvalue weighted by Crippen LogP contribution is -2.57. The van der Waals surface area contributed by atoms with Crippen LogP contribution in [0.4, 0.5) is 0 Å². The zero-order valence-electron chi connectivity index (χ0n) is 12.2. The fraction of sp³-hybridized carbons (Fsp3) is 0.923. The lowest BCUT2D eigenvalue weighted by atomic mass is 9.82. The van der Waals surface area contributed by atoms with E-state index in [1.807, 2.05) is 0 Å². The minimum Gasteiger partial charge on any atom is -0.383 e. The van der Waals surface area contributed by atoms with Crippen LogP contribution in [0.5, 0.6) is 0 Å². The van der Waals surface area contributed by atoms with Gasteiger partial charge in [-0.25, -0.2) is 0 Å². The molecule has 5 nitrogen and oxygen atoms in total. The summed E-state index contributed by atoms with van der Waals surface area (Å²) in [5, 5.41) is 3.08. The highest BCUT2D eigenvalue weighted by atomic mass is 35.5. The number of amides is 1. The van der Waals surface area contributed by atoms with Crippen LogP contribution in [0, 0.1) is 0 Å². The largest absolute Gasteiger partial charge is 0.383 e. The molecule has 2 fully saturated rings. The highest BCUT2D eigenvalue weighted by Crippen LogP contribution is 2.32. The molecule has 0 aromatic heterocycles. The summed E-state index contributed by atoms with van der Waals surface area (Å²) >= 11 is 0. The van der Waals surface area contributed by atoms with E-state index in [0.29, 0.717) is 12.1 Å². The van der Waals surface area contributed by atoms with Crippen LogP contribution < -0.4 is 11.1 Å². The van der Waals surface area contributed by atoms with Gasteiger partial charge in [-0.2, -0.15) is 0 Å². The normalized spacial score (nSPS) is 30.6. The molecule has 2 heterocycles. The van der Waals surface area contributed by atoms with Crippen molar-refractivity contribution in [1.29, 1.82) is 0 Å². The average molecular weight is 328 g/mol. The zero-order valence-corrected chi connectivity index (χ0v) is 13.8. The van der Waals surface area contributed by atoms with Gasteiger partial charge in [-0.1, -0.05) is 6.42 Å². The molecule has 0 saturated carbocycles. The Morgan fingerprint density at radius 1 is 1.35 bits per heavy atom. The van der Waals surface area contributed by atoms with E-state index in [0.717, 1.165) is 12.8 Å². The maximum Gasteiger partial charge on any atom is 0.239 e. The second kappa shape index (κ2) is 9.05. The molecular formula is C13H27Cl2N3O2. The van der Waals surface area contributed by atoms with Crippen molar-refractivity contribution in [1.82, 2.24) is 10.2 Å². The molecule has 3 atom stereocenters. The first-order chi connectivity index (χ1) is 8.61. The summed E-state index contributed by atoms with van der Waals surface area (Å²) in [5.41, 5.74) is 5.74. The van der Waals surface area contributed by atoms with Crippen molar-refractivity contribution in [3.8, 4) is 0 Å². The van der Waals surface area contributed by atoms with Crippen molar-refractivity contribution in [2.45, 2.75) is 56.3 Å². The Morgan fingerprint density at radius 3 is 2.40 bits per heavy atom. The molecule has 0 aliphatic carbocycles. The molecule has 20 heavy (non-hydrogen) atoms. The maximum atomic E-state index is 11.9. The molecule has 0 radical (unpaired) electrons. The number of nitrogens with two attached hydrogens (primary N) is 1. The third-order valence-corrected chi connectivity index (χ3v) is 4.37. The average Bonchev–Trinajstić information content (AvgIpc) is 2.30. The molecule has 0 aromatic carbocycles. The van der Waals surface area contributed by atoms with Gasteiger partial charge in [-0.15, -0.1) is 24.8 Å². The standard InChI is InChI=1S/C13H25N3O2.2ClH/c1-16-10-4-3-5-11(16)7-9(6-10)15-13(17)12(14)8-18-2;;/h9-12H,3-8,14H2,1-2H3,(H,15,17);2*1H. The van der Waals surface area contributed by atoms with Gasteiger partial charge >= 0.3 is 0 Å². The van der Waals surface area contributed by atoms with Crippen LogP contribution in [-0.2, 0) is 9.53 Å². The quantitative estimate of drug-likeness (QED) is 0.806. The summed E-state index contributed by atoms with van der Waals surface area (Å²) in [6.07, 6.45) is 5.94. The van der Waals surface area contributed by atoms with E-state index in [1.165, 1.54) is 19.3 Å². The van der Waals surface area contributed by atoms with Crippen molar-refractivity contribution in [3.05, 3.63) is 0 Å². The minimum atomic E-state index is -0.547. The number of methoxy groups -OCH3 is 1. The number of hydrogen-bond donors (Lipinski definition) is 2. The van der Waals surface area contributed by atoms with Gasteiger partial charge in [-0.05, 0) is 32.7 Å². The number of fused-ring (bicyclic) bond motifs is 2. The van der Waals surface area contributed by atoms with Crippen LogP contribution >= 0.6 is 24.8 Å². The molecular weight excluding hydrogens is 301 g/mol. The van der Waals surface area contributed by atoms with Crippen molar-refractivity contribution in [2.24, 2.45) is 5.73 Å². The number of rotatable bonds is 4. The summed E-state index contributed by atoms with van der Waals surface area (Å²) in [6.45, 7) is 0.283. The number of ether oxygens (including phenoxy) is 1. The smallest absolute Gasteiger partial charge is 0.239 e. The molecule has 2 aliphatic rings. The van der Waals surface area contributed by atoms with Crippen LogP contribution in [0.2, 0.25) is 0 Å². The molecule has 0 aromatic rings. The molecule has 3 N–H and O–H groups in total. The van der Waals surface area contributed by atoms with Crippen LogP contribution in [0.25, 0.3) is 0 Å². The van der Waals surface area contributed by atoms with E-state index in [4.69, 9.17) is 10.5 Å². The molecule has 7 heteroatoms. The number of piperidine rings is 2. The predicted molar refractivity (Wildman–Crippen MR) is 84.7 cm³/mol. The van der Waals surface area contributed by atoms with Gasteiger partial charge in [0, 0.05) is 25.2 Å². The van der Waals surface area contributed by atoms with Gasteiger partial charge in [0.15, 0.2) is 0 Å². The number of nitrogens with zero attached hydrogens (tertiary/aromatic N) is 1. The Kier molecular flexibility index (Phi) is 9.02. The molecule has 3 unspecified atom stereocenters. The minimum absolute atomic E-state index is 0. The van der Waals surface area contributed by atoms with E-state index in [9.17, 15) is 4.79 Å². The Bertz CT molecular complexity index is 293. The topological polar surface area (TPSA) is 67.6 Å². The van der Waals surface area contributed by atoms with Crippen molar-refractivity contribution < 1.29 is 9.53 Å². The van der Waals surface area contributed by atoms with Crippen LogP contribution in [0.15, 0.2) is 0 Å². The third-order valence-electron chi connectivity index (χ3n) is 4.37. The van der Waals surface area contributed by atoms with Gasteiger partial charge in [0.2, 0.25) is 5.91 Å². The Balaban J connectivity index is 0.00000180. The molecule has 2 bridgehead atoms. The summed E-state index contributed by atoms with van der Waals surface area (Å²) in [5.74, 6) is -0.0792. The predicted octanol–water partition coefficient (Wildman–Crippen LogP) is 0.935. The lowest BCUT2D eigenvalue weighted by Gasteiger charge is -2.47. The van der Waals surface area contributed by atoms with Gasteiger partial charge < -0.3 is 20.7 Å². The van der Waals surface area contributed by atoms with Gasteiger partial charge in [0.25, 0.3) is 0 Å². The van der Waals surface area contributed by atoms with E-state index < -0.39 is 6.04 Å².